The zero-order valence-electron chi connectivity index (χ0n) is 15.1. The lowest BCUT2D eigenvalue weighted by Crippen LogP contribution is -2.46. The minimum absolute atomic E-state index is 0.127. The van der Waals surface area contributed by atoms with Crippen LogP contribution in [0.1, 0.15) is 26.0 Å². The zero-order chi connectivity index (χ0) is 17.9. The van der Waals surface area contributed by atoms with Gasteiger partial charge in [-0.05, 0) is 38.9 Å². The number of aromatic nitrogens is 1. The molecule has 2 saturated heterocycles. The predicted octanol–water partition coefficient (Wildman–Crippen LogP) is 0.920. The van der Waals surface area contributed by atoms with Crippen molar-refractivity contribution in [3.8, 4) is 0 Å². The second-order valence-electron chi connectivity index (χ2n) is 7.30. The Kier molecular flexibility index (Phi) is 5.34. The van der Waals surface area contributed by atoms with Gasteiger partial charge >= 0.3 is 6.03 Å². The highest BCUT2D eigenvalue weighted by Crippen LogP contribution is 2.17. The fraction of sp³-hybridized carbons (Fsp3) is 0.611. The Morgan fingerprint density at radius 1 is 1.08 bits per heavy atom. The predicted molar refractivity (Wildman–Crippen MR) is 94.9 cm³/mol. The molecule has 2 aliphatic rings. The van der Waals surface area contributed by atoms with Gasteiger partial charge in [0.15, 0.2) is 0 Å². The van der Waals surface area contributed by atoms with E-state index in [9.17, 15) is 9.59 Å². The maximum atomic E-state index is 12.2. The van der Waals surface area contributed by atoms with Crippen molar-refractivity contribution in [1.29, 1.82) is 0 Å². The number of piperazine rings is 1. The summed E-state index contributed by atoms with van der Waals surface area (Å²) in [5.41, 5.74) is 0.339. The molecule has 1 aromatic heterocycles. The molecule has 1 N–H and O–H groups in total. The molecule has 7 nitrogen and oxygen atoms in total. The molecule has 136 valence electrons. The van der Waals surface area contributed by atoms with Crippen LogP contribution in [0.2, 0.25) is 0 Å². The number of amides is 3. The molecular formula is C18H27N5O2. The van der Waals surface area contributed by atoms with E-state index >= 15 is 0 Å². The van der Waals surface area contributed by atoms with E-state index in [0.717, 1.165) is 51.4 Å². The van der Waals surface area contributed by atoms with Gasteiger partial charge in [-0.1, -0.05) is 6.07 Å². The molecular weight excluding hydrogens is 318 g/mol. The number of rotatable bonds is 6. The van der Waals surface area contributed by atoms with Crippen LogP contribution >= 0.6 is 0 Å². The number of hydrogen-bond donors (Lipinski definition) is 1. The number of carbonyl (C=O) groups is 2. The van der Waals surface area contributed by atoms with Crippen LogP contribution in [-0.2, 0) is 11.3 Å². The van der Waals surface area contributed by atoms with Crippen LogP contribution in [0.4, 0.5) is 4.79 Å². The Labute approximate surface area is 149 Å². The number of hydrogen-bond acceptors (Lipinski definition) is 5. The van der Waals surface area contributed by atoms with Crippen molar-refractivity contribution >= 4 is 11.9 Å². The molecule has 0 spiro atoms. The Morgan fingerprint density at radius 2 is 1.80 bits per heavy atom. The van der Waals surface area contributed by atoms with Gasteiger partial charge in [0, 0.05) is 45.5 Å². The van der Waals surface area contributed by atoms with Gasteiger partial charge in [0.1, 0.15) is 5.54 Å². The normalized spacial score (nSPS) is 21.6. The third-order valence-electron chi connectivity index (χ3n) is 4.88. The largest absolute Gasteiger partial charge is 0.325 e. The van der Waals surface area contributed by atoms with Gasteiger partial charge in [-0.25, -0.2) is 4.79 Å². The molecule has 25 heavy (non-hydrogen) atoms. The molecule has 3 amide bonds. The summed E-state index contributed by atoms with van der Waals surface area (Å²) in [4.78, 5) is 34.6. The summed E-state index contributed by atoms with van der Waals surface area (Å²) in [7, 11) is 0. The van der Waals surface area contributed by atoms with Crippen molar-refractivity contribution in [3.63, 3.8) is 0 Å². The van der Waals surface area contributed by atoms with Gasteiger partial charge in [0.25, 0.3) is 5.91 Å². The molecule has 1 aromatic rings. The lowest BCUT2D eigenvalue weighted by atomic mass is 10.1. The smallest absolute Gasteiger partial charge is 0.324 e. The molecule has 2 fully saturated rings. The average Bonchev–Trinajstić information content (AvgIpc) is 2.79. The first kappa shape index (κ1) is 17.8. The molecule has 0 radical (unpaired) electrons. The van der Waals surface area contributed by atoms with E-state index in [1.54, 1.807) is 13.8 Å². The Morgan fingerprint density at radius 3 is 2.40 bits per heavy atom. The third kappa shape index (κ3) is 4.35. The summed E-state index contributed by atoms with van der Waals surface area (Å²) in [5.74, 6) is -0.127. The molecule has 0 aliphatic carbocycles. The topological polar surface area (TPSA) is 68.8 Å². The highest BCUT2D eigenvalue weighted by atomic mass is 16.2. The van der Waals surface area contributed by atoms with Crippen LogP contribution in [0.5, 0.6) is 0 Å². The zero-order valence-corrected chi connectivity index (χ0v) is 15.1. The first-order valence-corrected chi connectivity index (χ1v) is 8.94. The fourth-order valence-corrected chi connectivity index (χ4v) is 3.37. The number of pyridine rings is 1. The SMILES string of the molecule is CC1(C)NC(=O)N(CCCN2CCN(Cc3ccccn3)CC2)C1=O. The second-order valence-corrected chi connectivity index (χ2v) is 7.30. The Bertz CT molecular complexity index is 611. The van der Waals surface area contributed by atoms with Gasteiger partial charge in [-0.15, -0.1) is 0 Å². The maximum Gasteiger partial charge on any atom is 0.325 e. The number of nitrogens with one attached hydrogen (secondary N) is 1. The van der Waals surface area contributed by atoms with Crippen molar-refractivity contribution in [2.45, 2.75) is 32.4 Å². The van der Waals surface area contributed by atoms with Gasteiger partial charge in [0.2, 0.25) is 0 Å². The van der Waals surface area contributed by atoms with Crippen molar-refractivity contribution in [2.75, 3.05) is 39.3 Å². The Hall–Kier alpha value is -1.99. The molecule has 7 heteroatoms. The highest BCUT2D eigenvalue weighted by Gasteiger charge is 2.43. The molecule has 0 bridgehead atoms. The van der Waals surface area contributed by atoms with Crippen LogP contribution in [0.25, 0.3) is 0 Å². The van der Waals surface area contributed by atoms with Crippen LogP contribution in [0, 0.1) is 0 Å². The standard InChI is InChI=1S/C18H27N5O2/c1-18(2)16(24)23(17(25)20-18)9-5-8-21-10-12-22(13-11-21)14-15-6-3-4-7-19-15/h3-4,6-7H,5,8-14H2,1-2H3,(H,20,25). The van der Waals surface area contributed by atoms with Gasteiger partial charge in [-0.2, -0.15) is 0 Å². The van der Waals surface area contributed by atoms with Gasteiger partial charge in [-0.3, -0.25) is 19.6 Å². The van der Waals surface area contributed by atoms with Crippen LogP contribution in [0.3, 0.4) is 0 Å². The Balaban J connectivity index is 1.37. The third-order valence-corrected chi connectivity index (χ3v) is 4.88. The quantitative estimate of drug-likeness (QED) is 0.777. The number of nitrogens with zero attached hydrogens (tertiary/aromatic N) is 4. The first-order valence-electron chi connectivity index (χ1n) is 8.94. The highest BCUT2D eigenvalue weighted by molar-refractivity contribution is 6.06. The molecule has 0 saturated carbocycles. The summed E-state index contributed by atoms with van der Waals surface area (Å²) in [6.07, 6.45) is 2.65. The summed E-state index contributed by atoms with van der Waals surface area (Å²) in [6.45, 7) is 9.85. The summed E-state index contributed by atoms with van der Waals surface area (Å²) in [5, 5.41) is 2.72. The van der Waals surface area contributed by atoms with E-state index in [1.807, 2.05) is 18.3 Å². The van der Waals surface area contributed by atoms with Crippen molar-refractivity contribution in [1.82, 2.24) is 25.0 Å². The van der Waals surface area contributed by atoms with Crippen LogP contribution < -0.4 is 5.32 Å². The summed E-state index contributed by atoms with van der Waals surface area (Å²) in [6, 6.07) is 5.76. The van der Waals surface area contributed by atoms with Crippen molar-refractivity contribution < 1.29 is 9.59 Å². The lowest BCUT2D eigenvalue weighted by Gasteiger charge is -2.34. The molecule has 0 unspecified atom stereocenters. The molecule has 2 aliphatic heterocycles. The van der Waals surface area contributed by atoms with Crippen molar-refractivity contribution in [3.05, 3.63) is 30.1 Å². The van der Waals surface area contributed by atoms with Crippen molar-refractivity contribution in [2.24, 2.45) is 0 Å². The fourth-order valence-electron chi connectivity index (χ4n) is 3.37. The summed E-state index contributed by atoms with van der Waals surface area (Å²) < 4.78 is 0. The van der Waals surface area contributed by atoms with E-state index in [4.69, 9.17) is 0 Å². The van der Waals surface area contributed by atoms with E-state index in [1.165, 1.54) is 4.90 Å². The van der Waals surface area contributed by atoms with Crippen LogP contribution in [-0.4, -0.2) is 76.4 Å². The minimum Gasteiger partial charge on any atom is -0.324 e. The van der Waals surface area contributed by atoms with E-state index in [2.05, 4.69) is 26.2 Å². The number of imide groups is 1. The van der Waals surface area contributed by atoms with E-state index in [-0.39, 0.29) is 11.9 Å². The second kappa shape index (κ2) is 7.49. The van der Waals surface area contributed by atoms with E-state index < -0.39 is 5.54 Å². The average molecular weight is 345 g/mol. The molecule has 3 rings (SSSR count). The van der Waals surface area contributed by atoms with Gasteiger partial charge < -0.3 is 10.2 Å². The molecule has 0 atom stereocenters. The number of urea groups is 1. The van der Waals surface area contributed by atoms with E-state index in [0.29, 0.717) is 6.54 Å². The first-order chi connectivity index (χ1) is 12.0. The lowest BCUT2D eigenvalue weighted by molar-refractivity contribution is -0.130. The van der Waals surface area contributed by atoms with Crippen LogP contribution in [0.15, 0.2) is 24.4 Å². The maximum absolute atomic E-state index is 12.2. The monoisotopic (exact) mass is 345 g/mol. The molecule has 0 aromatic carbocycles. The summed E-state index contributed by atoms with van der Waals surface area (Å²) >= 11 is 0. The van der Waals surface area contributed by atoms with Gasteiger partial charge in [0.05, 0.1) is 5.69 Å². The minimum atomic E-state index is -0.770. The number of carbonyl (C=O) groups excluding carboxylic acids is 2. The molecule has 3 heterocycles.